The largest absolute Gasteiger partial charge is 0.497 e. The number of hydrogen-bond donors (Lipinski definition) is 2. The number of benzene rings is 1. The summed E-state index contributed by atoms with van der Waals surface area (Å²) in [6.07, 6.45) is 4.57. The average molecular weight is 401 g/mol. The minimum atomic E-state index is -0.845. The van der Waals surface area contributed by atoms with Crippen LogP contribution in [0.15, 0.2) is 27.4 Å². The Balaban J connectivity index is 1.75. The Kier molecular flexibility index (Phi) is 6.25. The van der Waals surface area contributed by atoms with Crippen molar-refractivity contribution in [1.82, 2.24) is 5.32 Å². The third kappa shape index (κ3) is 4.78. The van der Waals surface area contributed by atoms with Crippen LogP contribution < -0.4 is 15.7 Å². The van der Waals surface area contributed by atoms with Crippen LogP contribution in [-0.2, 0) is 16.0 Å². The summed E-state index contributed by atoms with van der Waals surface area (Å²) in [4.78, 5) is 36.3. The van der Waals surface area contributed by atoms with Crippen molar-refractivity contribution in [3.63, 3.8) is 0 Å². The van der Waals surface area contributed by atoms with E-state index in [1.165, 1.54) is 7.11 Å². The molecule has 1 heterocycles. The van der Waals surface area contributed by atoms with Crippen molar-refractivity contribution >= 4 is 22.8 Å². The lowest BCUT2D eigenvalue weighted by molar-refractivity contribution is -0.140. The van der Waals surface area contributed by atoms with E-state index < -0.39 is 17.0 Å². The molecule has 7 nitrogen and oxygen atoms in total. The number of carboxylic acid groups (broad SMARTS) is 1. The van der Waals surface area contributed by atoms with Crippen molar-refractivity contribution in [3.05, 3.63) is 39.7 Å². The van der Waals surface area contributed by atoms with Gasteiger partial charge in [0, 0.05) is 18.0 Å². The summed E-state index contributed by atoms with van der Waals surface area (Å²) in [6, 6.07) is 5.22. The smallest absolute Gasteiger partial charge is 0.340 e. The number of hydrogen-bond acceptors (Lipinski definition) is 5. The van der Waals surface area contributed by atoms with Crippen molar-refractivity contribution in [2.24, 2.45) is 5.41 Å². The average Bonchev–Trinajstić information content (AvgIpc) is 2.69. The third-order valence-electron chi connectivity index (χ3n) is 5.93. The Morgan fingerprint density at radius 3 is 2.62 bits per heavy atom. The molecule has 7 heteroatoms. The van der Waals surface area contributed by atoms with E-state index in [0.717, 1.165) is 37.5 Å². The number of carbonyl (C=O) groups is 2. The molecule has 0 saturated heterocycles. The van der Waals surface area contributed by atoms with Gasteiger partial charge in [0.15, 0.2) is 0 Å². The number of carboxylic acids is 1. The van der Waals surface area contributed by atoms with Gasteiger partial charge in [-0.1, -0.05) is 19.3 Å². The highest BCUT2D eigenvalue weighted by molar-refractivity contribution is 5.85. The molecule has 0 atom stereocenters. The minimum absolute atomic E-state index is 0.0479. The van der Waals surface area contributed by atoms with Crippen LogP contribution in [0.5, 0.6) is 5.75 Å². The standard InChI is InChI=1S/C22H27NO6/c1-14-16-7-6-15(28-2)10-18(16)29-21(27)17(14)11-19(24)23-13-22(12-20(25)26)8-4-3-5-9-22/h6-7,10H,3-5,8-9,11-13H2,1-2H3,(H,23,24)(H,25,26). The van der Waals surface area contributed by atoms with Crippen LogP contribution in [0, 0.1) is 12.3 Å². The van der Waals surface area contributed by atoms with Crippen LogP contribution in [0.2, 0.25) is 0 Å². The molecule has 0 unspecified atom stereocenters. The van der Waals surface area contributed by atoms with E-state index in [-0.39, 0.29) is 18.7 Å². The van der Waals surface area contributed by atoms with Gasteiger partial charge in [-0.25, -0.2) is 4.79 Å². The third-order valence-corrected chi connectivity index (χ3v) is 5.93. The zero-order valence-corrected chi connectivity index (χ0v) is 16.9. The van der Waals surface area contributed by atoms with E-state index in [1.807, 2.05) is 0 Å². The Morgan fingerprint density at radius 2 is 1.97 bits per heavy atom. The molecule has 0 aliphatic heterocycles. The highest BCUT2D eigenvalue weighted by Crippen LogP contribution is 2.38. The van der Waals surface area contributed by atoms with Crippen LogP contribution in [0.3, 0.4) is 0 Å². The molecule has 1 fully saturated rings. The molecule has 3 rings (SSSR count). The van der Waals surface area contributed by atoms with Crippen LogP contribution >= 0.6 is 0 Å². The number of rotatable bonds is 7. The van der Waals surface area contributed by atoms with Crippen molar-refractivity contribution < 1.29 is 23.8 Å². The minimum Gasteiger partial charge on any atom is -0.497 e. The zero-order chi connectivity index (χ0) is 21.0. The number of ether oxygens (including phenoxy) is 1. The van der Waals surface area contributed by atoms with Gasteiger partial charge in [0.25, 0.3) is 0 Å². The van der Waals surface area contributed by atoms with E-state index in [4.69, 9.17) is 9.15 Å². The normalized spacial score (nSPS) is 15.8. The van der Waals surface area contributed by atoms with Crippen molar-refractivity contribution in [2.75, 3.05) is 13.7 Å². The number of carbonyl (C=O) groups excluding carboxylic acids is 1. The lowest BCUT2D eigenvalue weighted by Gasteiger charge is -2.36. The molecule has 2 N–H and O–H groups in total. The van der Waals surface area contributed by atoms with Crippen LogP contribution in [0.25, 0.3) is 11.0 Å². The Hall–Kier alpha value is -2.83. The van der Waals surface area contributed by atoms with Crippen LogP contribution in [-0.4, -0.2) is 30.6 Å². The maximum absolute atomic E-state index is 12.6. The monoisotopic (exact) mass is 401 g/mol. The lowest BCUT2D eigenvalue weighted by Crippen LogP contribution is -2.41. The van der Waals surface area contributed by atoms with Gasteiger partial charge in [0.05, 0.1) is 25.5 Å². The van der Waals surface area contributed by atoms with E-state index in [9.17, 15) is 19.5 Å². The molecule has 1 saturated carbocycles. The summed E-state index contributed by atoms with van der Waals surface area (Å²) < 4.78 is 10.5. The van der Waals surface area contributed by atoms with Gasteiger partial charge >= 0.3 is 11.6 Å². The molecule has 2 aromatic rings. The van der Waals surface area contributed by atoms with Gasteiger partial charge in [0.1, 0.15) is 11.3 Å². The first-order valence-corrected chi connectivity index (χ1v) is 9.92. The quantitative estimate of drug-likeness (QED) is 0.690. The zero-order valence-electron chi connectivity index (χ0n) is 16.9. The fraction of sp³-hybridized carbons (Fsp3) is 0.500. The second-order valence-electron chi connectivity index (χ2n) is 7.94. The molecule has 1 aromatic heterocycles. The van der Waals surface area contributed by atoms with E-state index in [2.05, 4.69) is 5.32 Å². The number of aryl methyl sites for hydroxylation is 1. The van der Waals surface area contributed by atoms with Crippen LogP contribution in [0.1, 0.15) is 49.7 Å². The molecule has 1 aliphatic carbocycles. The van der Waals surface area contributed by atoms with E-state index in [1.54, 1.807) is 25.1 Å². The molecule has 156 valence electrons. The summed E-state index contributed by atoms with van der Waals surface area (Å²) in [5.74, 6) is -0.562. The first-order chi connectivity index (χ1) is 13.8. The number of amides is 1. The molecular weight excluding hydrogens is 374 g/mol. The van der Waals surface area contributed by atoms with Crippen molar-refractivity contribution in [1.29, 1.82) is 0 Å². The van der Waals surface area contributed by atoms with Crippen molar-refractivity contribution in [2.45, 2.75) is 51.9 Å². The van der Waals surface area contributed by atoms with Gasteiger partial charge < -0.3 is 19.6 Å². The molecule has 0 radical (unpaired) electrons. The summed E-state index contributed by atoms with van der Waals surface area (Å²) in [5, 5.41) is 12.9. The first kappa shape index (κ1) is 20.9. The highest BCUT2D eigenvalue weighted by atomic mass is 16.5. The first-order valence-electron chi connectivity index (χ1n) is 9.92. The van der Waals surface area contributed by atoms with Gasteiger partial charge in [-0.15, -0.1) is 0 Å². The molecule has 1 aliphatic rings. The van der Waals surface area contributed by atoms with Gasteiger partial charge in [-0.05, 0) is 42.9 Å². The summed E-state index contributed by atoms with van der Waals surface area (Å²) in [7, 11) is 1.54. The maximum atomic E-state index is 12.6. The number of methoxy groups -OCH3 is 1. The second kappa shape index (κ2) is 8.68. The topological polar surface area (TPSA) is 106 Å². The van der Waals surface area contributed by atoms with Gasteiger partial charge in [-0.3, -0.25) is 9.59 Å². The van der Waals surface area contributed by atoms with Gasteiger partial charge in [0.2, 0.25) is 5.91 Å². The SMILES string of the molecule is COc1ccc2c(C)c(CC(=O)NCC3(CC(=O)O)CCCCC3)c(=O)oc2c1. The van der Waals surface area contributed by atoms with E-state index >= 15 is 0 Å². The van der Waals surface area contributed by atoms with Crippen molar-refractivity contribution in [3.8, 4) is 5.75 Å². The Morgan fingerprint density at radius 1 is 1.24 bits per heavy atom. The molecule has 0 spiro atoms. The maximum Gasteiger partial charge on any atom is 0.340 e. The summed E-state index contributed by atoms with van der Waals surface area (Å²) in [5.41, 5.74) is 0.484. The molecule has 1 amide bonds. The highest BCUT2D eigenvalue weighted by Gasteiger charge is 2.34. The fourth-order valence-corrected chi connectivity index (χ4v) is 4.25. The summed E-state index contributed by atoms with van der Waals surface area (Å²) in [6.45, 7) is 2.11. The molecule has 1 aromatic carbocycles. The fourth-order valence-electron chi connectivity index (χ4n) is 4.25. The number of nitrogens with one attached hydrogen (secondary N) is 1. The Labute approximate surface area is 169 Å². The molecule has 29 heavy (non-hydrogen) atoms. The van der Waals surface area contributed by atoms with E-state index in [0.29, 0.717) is 29.0 Å². The summed E-state index contributed by atoms with van der Waals surface area (Å²) >= 11 is 0. The molecule has 0 bridgehead atoms. The predicted octanol–water partition coefficient (Wildman–Crippen LogP) is 3.19. The van der Waals surface area contributed by atoms with Crippen LogP contribution in [0.4, 0.5) is 0 Å². The van der Waals surface area contributed by atoms with Gasteiger partial charge in [-0.2, -0.15) is 0 Å². The predicted molar refractivity (Wildman–Crippen MR) is 108 cm³/mol. The lowest BCUT2D eigenvalue weighted by atomic mass is 9.71. The molecular formula is C22H27NO6. The number of fused-ring (bicyclic) bond motifs is 1. The second-order valence-corrected chi connectivity index (χ2v) is 7.94. The number of aliphatic carboxylic acids is 1. The Bertz CT molecular complexity index is 971.